The molecule has 24 heavy (non-hydrogen) atoms. The molecule has 0 saturated heterocycles. The van der Waals surface area contributed by atoms with Crippen molar-refractivity contribution in [1.82, 2.24) is 0 Å². The molecule has 0 aliphatic carbocycles. The van der Waals surface area contributed by atoms with Crippen LogP contribution in [0, 0.1) is 0 Å². The number of carbonyl (C=O) groups is 1. The Balaban J connectivity index is 1.96. The molecule has 0 radical (unpaired) electrons. The number of thioether (sulfide) groups is 1. The Morgan fingerprint density at radius 2 is 1.79 bits per heavy atom. The average molecular weight is 343 g/mol. The Labute approximate surface area is 146 Å². The Kier molecular flexibility index (Phi) is 7.23. The first-order valence-electron chi connectivity index (χ1n) is 7.71. The van der Waals surface area contributed by atoms with Gasteiger partial charge in [-0.1, -0.05) is 30.3 Å². The number of benzene rings is 2. The van der Waals surface area contributed by atoms with Gasteiger partial charge in [-0.05, 0) is 31.2 Å². The van der Waals surface area contributed by atoms with Crippen molar-refractivity contribution in [2.24, 2.45) is 0 Å². The Bertz CT molecular complexity index is 688. The highest BCUT2D eigenvalue weighted by Crippen LogP contribution is 2.28. The van der Waals surface area contributed by atoms with Crippen LogP contribution < -0.4 is 14.8 Å². The third-order valence-electron chi connectivity index (χ3n) is 3.03. The molecule has 0 bridgehead atoms. The summed E-state index contributed by atoms with van der Waals surface area (Å²) in [6.07, 6.45) is 1.83. The maximum absolute atomic E-state index is 12.2. The molecule has 4 nitrogen and oxygen atoms in total. The van der Waals surface area contributed by atoms with Gasteiger partial charge in [-0.2, -0.15) is 0 Å². The van der Waals surface area contributed by atoms with Crippen LogP contribution in [0.5, 0.6) is 11.5 Å². The van der Waals surface area contributed by atoms with Gasteiger partial charge in [-0.15, -0.1) is 18.3 Å². The number of hydrogen-bond donors (Lipinski definition) is 1. The number of anilines is 1. The molecule has 1 N–H and O–H groups in total. The van der Waals surface area contributed by atoms with Gasteiger partial charge in [-0.3, -0.25) is 4.79 Å². The van der Waals surface area contributed by atoms with E-state index in [4.69, 9.17) is 9.47 Å². The van der Waals surface area contributed by atoms with Crippen LogP contribution in [0.4, 0.5) is 5.69 Å². The SMILES string of the molecule is C=CCSc1ccccc1NC(=O)COc1ccccc1OCC. The van der Waals surface area contributed by atoms with Crippen LogP contribution in [-0.2, 0) is 4.79 Å². The number of carbonyl (C=O) groups excluding carboxylic acids is 1. The van der Waals surface area contributed by atoms with E-state index in [1.807, 2.05) is 55.5 Å². The summed E-state index contributed by atoms with van der Waals surface area (Å²) in [5, 5.41) is 2.88. The molecular formula is C19H21NO3S. The second-order valence-corrected chi connectivity index (χ2v) is 5.87. The van der Waals surface area contributed by atoms with Crippen LogP contribution in [0.15, 0.2) is 66.1 Å². The zero-order chi connectivity index (χ0) is 17.2. The summed E-state index contributed by atoms with van der Waals surface area (Å²) in [4.78, 5) is 13.2. The minimum atomic E-state index is -0.215. The fourth-order valence-electron chi connectivity index (χ4n) is 2.02. The monoisotopic (exact) mass is 343 g/mol. The van der Waals surface area contributed by atoms with Crippen molar-refractivity contribution in [2.75, 3.05) is 24.3 Å². The quantitative estimate of drug-likeness (QED) is 0.542. The summed E-state index contributed by atoms with van der Waals surface area (Å²) in [6, 6.07) is 15.0. The Morgan fingerprint density at radius 3 is 2.50 bits per heavy atom. The van der Waals surface area contributed by atoms with Crippen molar-refractivity contribution in [3.05, 3.63) is 61.2 Å². The lowest BCUT2D eigenvalue weighted by Gasteiger charge is -2.13. The van der Waals surface area contributed by atoms with Crippen LogP contribution in [0.2, 0.25) is 0 Å². The van der Waals surface area contributed by atoms with Crippen LogP contribution in [0.1, 0.15) is 6.92 Å². The summed E-state index contributed by atoms with van der Waals surface area (Å²) >= 11 is 1.62. The van der Waals surface area contributed by atoms with E-state index in [-0.39, 0.29) is 12.5 Å². The molecule has 0 aromatic heterocycles. The van der Waals surface area contributed by atoms with E-state index in [0.29, 0.717) is 18.1 Å². The molecule has 0 aliphatic rings. The minimum Gasteiger partial charge on any atom is -0.490 e. The van der Waals surface area contributed by atoms with Gasteiger partial charge in [0.2, 0.25) is 0 Å². The van der Waals surface area contributed by atoms with Gasteiger partial charge in [0.25, 0.3) is 5.91 Å². The predicted octanol–water partition coefficient (Wildman–Crippen LogP) is 4.38. The summed E-state index contributed by atoms with van der Waals surface area (Å²) in [7, 11) is 0. The zero-order valence-electron chi connectivity index (χ0n) is 13.7. The van der Waals surface area contributed by atoms with Crippen LogP contribution in [0.3, 0.4) is 0 Å². The van der Waals surface area contributed by atoms with Gasteiger partial charge >= 0.3 is 0 Å². The normalized spacial score (nSPS) is 10.0. The second-order valence-electron chi connectivity index (χ2n) is 4.81. The first-order chi connectivity index (χ1) is 11.7. The number of ether oxygens (including phenoxy) is 2. The first-order valence-corrected chi connectivity index (χ1v) is 8.70. The van der Waals surface area contributed by atoms with E-state index in [9.17, 15) is 4.79 Å². The fraction of sp³-hybridized carbons (Fsp3) is 0.211. The highest BCUT2D eigenvalue weighted by molar-refractivity contribution is 7.99. The third kappa shape index (κ3) is 5.35. The molecule has 0 unspecified atom stereocenters. The van der Waals surface area contributed by atoms with Gasteiger partial charge in [-0.25, -0.2) is 0 Å². The van der Waals surface area contributed by atoms with E-state index in [0.717, 1.165) is 16.3 Å². The lowest BCUT2D eigenvalue weighted by molar-refractivity contribution is -0.118. The number of rotatable bonds is 9. The molecule has 0 saturated carbocycles. The van der Waals surface area contributed by atoms with Crippen molar-refractivity contribution >= 4 is 23.4 Å². The molecule has 2 aromatic rings. The molecule has 126 valence electrons. The molecular weight excluding hydrogens is 322 g/mol. The Hall–Kier alpha value is -2.40. The molecule has 0 spiro atoms. The van der Waals surface area contributed by atoms with E-state index < -0.39 is 0 Å². The van der Waals surface area contributed by atoms with Crippen molar-refractivity contribution in [3.63, 3.8) is 0 Å². The zero-order valence-corrected chi connectivity index (χ0v) is 14.5. The topological polar surface area (TPSA) is 47.6 Å². The van der Waals surface area contributed by atoms with E-state index in [1.165, 1.54) is 0 Å². The first kappa shape index (κ1) is 17.9. The molecule has 0 heterocycles. The molecule has 2 rings (SSSR count). The van der Waals surface area contributed by atoms with Crippen LogP contribution >= 0.6 is 11.8 Å². The molecule has 0 aliphatic heterocycles. The molecule has 5 heteroatoms. The standard InChI is InChI=1S/C19H21NO3S/c1-3-13-24-18-12-8-5-9-15(18)20-19(21)14-23-17-11-7-6-10-16(17)22-4-2/h3,5-12H,1,4,13-14H2,2H3,(H,20,21). The maximum Gasteiger partial charge on any atom is 0.262 e. The van der Waals surface area contributed by atoms with Crippen molar-refractivity contribution in [1.29, 1.82) is 0 Å². The van der Waals surface area contributed by atoms with Gasteiger partial charge in [0.1, 0.15) is 0 Å². The van der Waals surface area contributed by atoms with E-state index >= 15 is 0 Å². The number of hydrogen-bond acceptors (Lipinski definition) is 4. The van der Waals surface area contributed by atoms with E-state index in [2.05, 4.69) is 11.9 Å². The van der Waals surface area contributed by atoms with Gasteiger partial charge < -0.3 is 14.8 Å². The molecule has 2 aromatic carbocycles. The van der Waals surface area contributed by atoms with Crippen LogP contribution in [0.25, 0.3) is 0 Å². The third-order valence-corrected chi connectivity index (χ3v) is 4.09. The predicted molar refractivity (Wildman–Crippen MR) is 99.1 cm³/mol. The summed E-state index contributed by atoms with van der Waals surface area (Å²) < 4.78 is 11.1. The maximum atomic E-state index is 12.2. The van der Waals surface area contributed by atoms with Crippen molar-refractivity contribution in [2.45, 2.75) is 11.8 Å². The summed E-state index contributed by atoms with van der Waals surface area (Å²) in [6.45, 7) is 6.08. The number of nitrogens with one attached hydrogen (secondary N) is 1. The number of amides is 1. The van der Waals surface area contributed by atoms with Crippen molar-refractivity contribution < 1.29 is 14.3 Å². The lowest BCUT2D eigenvalue weighted by atomic mass is 10.3. The summed E-state index contributed by atoms with van der Waals surface area (Å²) in [5.41, 5.74) is 0.774. The smallest absolute Gasteiger partial charge is 0.262 e. The van der Waals surface area contributed by atoms with Gasteiger partial charge in [0, 0.05) is 10.6 Å². The molecule has 1 amide bonds. The van der Waals surface area contributed by atoms with E-state index in [1.54, 1.807) is 17.8 Å². The lowest BCUT2D eigenvalue weighted by Crippen LogP contribution is -2.20. The highest BCUT2D eigenvalue weighted by Gasteiger charge is 2.09. The number of para-hydroxylation sites is 3. The average Bonchev–Trinajstić information content (AvgIpc) is 2.60. The van der Waals surface area contributed by atoms with Crippen molar-refractivity contribution in [3.8, 4) is 11.5 Å². The molecule has 0 fully saturated rings. The second kappa shape index (κ2) is 9.67. The highest BCUT2D eigenvalue weighted by atomic mass is 32.2. The van der Waals surface area contributed by atoms with Crippen LogP contribution in [-0.4, -0.2) is 24.9 Å². The fourth-order valence-corrected chi connectivity index (χ4v) is 2.76. The largest absolute Gasteiger partial charge is 0.490 e. The minimum absolute atomic E-state index is 0.0788. The summed E-state index contributed by atoms with van der Waals surface area (Å²) in [5.74, 6) is 1.76. The molecule has 0 atom stereocenters. The van der Waals surface area contributed by atoms with Gasteiger partial charge in [0.05, 0.1) is 12.3 Å². The Morgan fingerprint density at radius 1 is 1.12 bits per heavy atom. The van der Waals surface area contributed by atoms with Gasteiger partial charge in [0.15, 0.2) is 18.1 Å².